The van der Waals surface area contributed by atoms with Crippen LogP contribution in [-0.2, 0) is 4.74 Å². The van der Waals surface area contributed by atoms with Gasteiger partial charge in [-0.3, -0.25) is 0 Å². The molecule has 1 unspecified atom stereocenters. The monoisotopic (exact) mass is 269 g/mol. The lowest BCUT2D eigenvalue weighted by molar-refractivity contribution is 0.0766. The van der Waals surface area contributed by atoms with E-state index in [4.69, 9.17) is 4.74 Å². The second kappa shape index (κ2) is 9.77. The van der Waals surface area contributed by atoms with E-state index in [9.17, 15) is 0 Å². The van der Waals surface area contributed by atoms with Gasteiger partial charge in [-0.25, -0.2) is 0 Å². The Morgan fingerprint density at radius 1 is 1.00 bits per heavy atom. The molecule has 1 aliphatic rings. The zero-order chi connectivity index (χ0) is 14.1. The predicted molar refractivity (Wildman–Crippen MR) is 83.5 cm³/mol. The summed E-state index contributed by atoms with van der Waals surface area (Å²) < 4.78 is 5.81. The molecule has 1 N–H and O–H groups in total. The lowest BCUT2D eigenvalue weighted by Gasteiger charge is -2.35. The standard InChI is InChI=1S/C17H35NO/c1-5-11-18-17(13-19-12-6-2)16-9-7-15(8-10-16)14(3)4/h14-18H,5-13H2,1-4H3. The Morgan fingerprint density at radius 2 is 1.63 bits per heavy atom. The summed E-state index contributed by atoms with van der Waals surface area (Å²) in [5.74, 6) is 2.65. The summed E-state index contributed by atoms with van der Waals surface area (Å²) in [5.41, 5.74) is 0. The maximum absolute atomic E-state index is 5.81. The average molecular weight is 269 g/mol. The van der Waals surface area contributed by atoms with Crippen molar-refractivity contribution in [3.63, 3.8) is 0 Å². The molecule has 0 aromatic carbocycles. The van der Waals surface area contributed by atoms with E-state index in [0.717, 1.165) is 43.9 Å². The van der Waals surface area contributed by atoms with Crippen molar-refractivity contribution in [2.75, 3.05) is 19.8 Å². The van der Waals surface area contributed by atoms with Gasteiger partial charge in [-0.1, -0.05) is 27.7 Å². The van der Waals surface area contributed by atoms with Gasteiger partial charge in [0.15, 0.2) is 0 Å². The van der Waals surface area contributed by atoms with Crippen LogP contribution >= 0.6 is 0 Å². The Bertz CT molecular complexity index is 209. The molecular weight excluding hydrogens is 234 g/mol. The van der Waals surface area contributed by atoms with Gasteiger partial charge >= 0.3 is 0 Å². The van der Waals surface area contributed by atoms with Crippen LogP contribution < -0.4 is 5.32 Å². The van der Waals surface area contributed by atoms with Crippen molar-refractivity contribution < 1.29 is 4.74 Å². The summed E-state index contributed by atoms with van der Waals surface area (Å²) in [6, 6.07) is 0.583. The number of nitrogens with one attached hydrogen (secondary N) is 1. The molecule has 0 aromatic rings. The first-order valence-corrected chi connectivity index (χ1v) is 8.50. The first-order chi connectivity index (χ1) is 9.19. The molecule has 1 atom stereocenters. The van der Waals surface area contributed by atoms with Crippen molar-refractivity contribution >= 4 is 0 Å². The number of hydrogen-bond donors (Lipinski definition) is 1. The Morgan fingerprint density at radius 3 is 2.16 bits per heavy atom. The molecule has 1 aliphatic carbocycles. The third-order valence-corrected chi connectivity index (χ3v) is 4.63. The van der Waals surface area contributed by atoms with E-state index in [-0.39, 0.29) is 0 Å². The van der Waals surface area contributed by atoms with Crippen LogP contribution in [0, 0.1) is 17.8 Å². The second-order valence-corrected chi connectivity index (χ2v) is 6.55. The fraction of sp³-hybridized carbons (Fsp3) is 1.00. The topological polar surface area (TPSA) is 21.3 Å². The molecule has 2 nitrogen and oxygen atoms in total. The van der Waals surface area contributed by atoms with Crippen LogP contribution in [0.15, 0.2) is 0 Å². The molecule has 1 rings (SSSR count). The summed E-state index contributed by atoms with van der Waals surface area (Å²) in [7, 11) is 0. The van der Waals surface area contributed by atoms with E-state index in [1.54, 1.807) is 0 Å². The lowest BCUT2D eigenvalue weighted by Crippen LogP contribution is -2.42. The molecule has 0 radical (unpaired) electrons. The fourth-order valence-corrected chi connectivity index (χ4v) is 3.26. The number of ether oxygens (including phenoxy) is 1. The Hall–Kier alpha value is -0.0800. The highest BCUT2D eigenvalue weighted by Gasteiger charge is 2.28. The zero-order valence-electron chi connectivity index (χ0n) is 13.6. The largest absolute Gasteiger partial charge is 0.380 e. The summed E-state index contributed by atoms with van der Waals surface area (Å²) in [4.78, 5) is 0. The Labute approximate surface area is 120 Å². The summed E-state index contributed by atoms with van der Waals surface area (Å²) in [5, 5.41) is 3.72. The molecule has 1 fully saturated rings. The Balaban J connectivity index is 2.37. The van der Waals surface area contributed by atoms with E-state index in [1.165, 1.54) is 32.1 Å². The molecule has 2 heteroatoms. The van der Waals surface area contributed by atoms with E-state index in [2.05, 4.69) is 33.0 Å². The second-order valence-electron chi connectivity index (χ2n) is 6.55. The van der Waals surface area contributed by atoms with E-state index in [1.807, 2.05) is 0 Å². The van der Waals surface area contributed by atoms with Gasteiger partial charge in [0.2, 0.25) is 0 Å². The molecule has 0 heterocycles. The molecular formula is C17H35NO. The minimum atomic E-state index is 0.583. The molecule has 1 saturated carbocycles. The van der Waals surface area contributed by atoms with Gasteiger partial charge in [-0.2, -0.15) is 0 Å². The molecule has 114 valence electrons. The van der Waals surface area contributed by atoms with Crippen LogP contribution in [0.1, 0.15) is 66.2 Å². The summed E-state index contributed by atoms with van der Waals surface area (Å²) >= 11 is 0. The smallest absolute Gasteiger partial charge is 0.0622 e. The van der Waals surface area contributed by atoms with Crippen molar-refractivity contribution in [1.82, 2.24) is 5.32 Å². The van der Waals surface area contributed by atoms with Crippen molar-refractivity contribution in [3.8, 4) is 0 Å². The highest BCUT2D eigenvalue weighted by Crippen LogP contribution is 2.34. The van der Waals surface area contributed by atoms with Gasteiger partial charge in [0.05, 0.1) is 6.61 Å². The van der Waals surface area contributed by atoms with E-state index < -0.39 is 0 Å². The minimum absolute atomic E-state index is 0.583. The molecule has 19 heavy (non-hydrogen) atoms. The zero-order valence-corrected chi connectivity index (χ0v) is 13.6. The van der Waals surface area contributed by atoms with Crippen molar-refractivity contribution in [2.24, 2.45) is 17.8 Å². The number of rotatable bonds is 9. The van der Waals surface area contributed by atoms with Crippen LogP contribution in [-0.4, -0.2) is 25.8 Å². The van der Waals surface area contributed by atoms with Gasteiger partial charge < -0.3 is 10.1 Å². The molecule has 0 aromatic heterocycles. The van der Waals surface area contributed by atoms with E-state index in [0.29, 0.717) is 6.04 Å². The summed E-state index contributed by atoms with van der Waals surface area (Å²) in [6.07, 6.45) is 7.95. The highest BCUT2D eigenvalue weighted by atomic mass is 16.5. The molecule has 0 spiro atoms. The summed E-state index contributed by atoms with van der Waals surface area (Å²) in [6.45, 7) is 12.1. The normalized spacial score (nSPS) is 25.7. The maximum atomic E-state index is 5.81. The molecule has 0 aliphatic heterocycles. The van der Waals surface area contributed by atoms with E-state index >= 15 is 0 Å². The van der Waals surface area contributed by atoms with Crippen LogP contribution in [0.2, 0.25) is 0 Å². The van der Waals surface area contributed by atoms with Gasteiger partial charge in [-0.15, -0.1) is 0 Å². The van der Waals surface area contributed by atoms with Gasteiger partial charge in [0.25, 0.3) is 0 Å². The quantitative estimate of drug-likeness (QED) is 0.632. The first kappa shape index (κ1) is 17.0. The van der Waals surface area contributed by atoms with Crippen LogP contribution in [0.3, 0.4) is 0 Å². The van der Waals surface area contributed by atoms with Gasteiger partial charge in [0.1, 0.15) is 0 Å². The van der Waals surface area contributed by atoms with Gasteiger partial charge in [-0.05, 0) is 62.8 Å². The SMILES string of the molecule is CCCNC(COCCC)C1CCC(C(C)C)CC1. The third kappa shape index (κ3) is 6.27. The van der Waals surface area contributed by atoms with Crippen molar-refractivity contribution in [2.45, 2.75) is 72.3 Å². The predicted octanol–water partition coefficient (Wildman–Crippen LogP) is 4.24. The van der Waals surface area contributed by atoms with Crippen molar-refractivity contribution in [3.05, 3.63) is 0 Å². The highest BCUT2D eigenvalue weighted by molar-refractivity contribution is 4.82. The average Bonchev–Trinajstić information content (AvgIpc) is 2.43. The fourth-order valence-electron chi connectivity index (χ4n) is 3.26. The maximum Gasteiger partial charge on any atom is 0.0622 e. The molecule has 0 amide bonds. The van der Waals surface area contributed by atoms with Crippen LogP contribution in [0.25, 0.3) is 0 Å². The van der Waals surface area contributed by atoms with Crippen LogP contribution in [0.4, 0.5) is 0 Å². The first-order valence-electron chi connectivity index (χ1n) is 8.50. The molecule has 0 bridgehead atoms. The third-order valence-electron chi connectivity index (χ3n) is 4.63. The van der Waals surface area contributed by atoms with Crippen LogP contribution in [0.5, 0.6) is 0 Å². The molecule has 0 saturated heterocycles. The van der Waals surface area contributed by atoms with Crippen molar-refractivity contribution in [1.29, 1.82) is 0 Å². The lowest BCUT2D eigenvalue weighted by atomic mass is 9.74. The Kier molecular flexibility index (Phi) is 8.72. The van der Waals surface area contributed by atoms with Gasteiger partial charge in [0, 0.05) is 12.6 Å². The minimum Gasteiger partial charge on any atom is -0.380 e. The number of hydrogen-bond acceptors (Lipinski definition) is 2.